The molecule has 0 unspecified atom stereocenters. The van der Waals surface area contributed by atoms with Gasteiger partial charge in [-0.3, -0.25) is 9.59 Å². The molecule has 106 valence electrons. The molecule has 18 heavy (non-hydrogen) atoms. The van der Waals surface area contributed by atoms with E-state index in [0.717, 1.165) is 12.8 Å². The molecule has 0 aromatic rings. The molecule has 0 radical (unpaired) electrons. The molecule has 0 spiro atoms. The summed E-state index contributed by atoms with van der Waals surface area (Å²) in [7, 11) is 0. The van der Waals surface area contributed by atoms with E-state index in [2.05, 4.69) is 0 Å². The number of hydrogen-bond acceptors (Lipinski definition) is 3. The van der Waals surface area contributed by atoms with Crippen molar-refractivity contribution in [2.24, 2.45) is 10.8 Å². The van der Waals surface area contributed by atoms with Crippen LogP contribution >= 0.6 is 0 Å². The lowest BCUT2D eigenvalue weighted by Crippen LogP contribution is -2.27. The van der Waals surface area contributed by atoms with Gasteiger partial charge >= 0.3 is 5.97 Å². The zero-order chi connectivity index (χ0) is 14.4. The van der Waals surface area contributed by atoms with Crippen LogP contribution in [0.2, 0.25) is 0 Å². The molecule has 0 amide bonds. The first-order valence-electron chi connectivity index (χ1n) is 6.88. The van der Waals surface area contributed by atoms with Crippen LogP contribution in [0, 0.1) is 10.8 Å². The van der Waals surface area contributed by atoms with Crippen LogP contribution in [0.4, 0.5) is 0 Å². The van der Waals surface area contributed by atoms with Gasteiger partial charge in [0.25, 0.3) is 0 Å². The van der Waals surface area contributed by atoms with Crippen LogP contribution in [0.3, 0.4) is 0 Å². The van der Waals surface area contributed by atoms with Gasteiger partial charge in [-0.1, -0.05) is 27.7 Å². The highest BCUT2D eigenvalue weighted by atomic mass is 16.5. The molecule has 0 rings (SSSR count). The van der Waals surface area contributed by atoms with E-state index in [4.69, 9.17) is 4.74 Å². The van der Waals surface area contributed by atoms with Gasteiger partial charge in [-0.25, -0.2) is 0 Å². The van der Waals surface area contributed by atoms with Crippen molar-refractivity contribution in [2.75, 3.05) is 6.61 Å². The summed E-state index contributed by atoms with van der Waals surface area (Å²) in [5.74, 6) is 0.0722. The molecule has 0 atom stereocenters. The molecule has 0 aliphatic carbocycles. The molecule has 0 aliphatic heterocycles. The standard InChI is InChI=1S/C15H28O3/c1-7-14(3,4)12(16)10-9-11-18-13(17)15(5,6)8-2/h7-11H2,1-6H3. The summed E-state index contributed by atoms with van der Waals surface area (Å²) in [5, 5.41) is 0. The maximum atomic E-state index is 11.9. The average Bonchev–Trinajstić information content (AvgIpc) is 2.33. The van der Waals surface area contributed by atoms with E-state index in [-0.39, 0.29) is 17.2 Å². The fourth-order valence-electron chi connectivity index (χ4n) is 1.27. The van der Waals surface area contributed by atoms with Gasteiger partial charge < -0.3 is 4.74 Å². The molecule has 0 N–H and O–H groups in total. The van der Waals surface area contributed by atoms with Gasteiger partial charge in [-0.05, 0) is 33.1 Å². The lowest BCUT2D eigenvalue weighted by molar-refractivity contribution is -0.154. The van der Waals surface area contributed by atoms with Crippen LogP contribution in [0.5, 0.6) is 0 Å². The maximum absolute atomic E-state index is 11.9. The Bertz CT molecular complexity index is 260. The normalized spacial score (nSPS) is 12.3. The zero-order valence-electron chi connectivity index (χ0n) is 12.8. The van der Waals surface area contributed by atoms with Crippen LogP contribution in [-0.4, -0.2) is 18.4 Å². The lowest BCUT2D eigenvalue weighted by atomic mass is 9.83. The second kappa shape index (κ2) is 6.91. The summed E-state index contributed by atoms with van der Waals surface area (Å²) < 4.78 is 5.20. The first-order chi connectivity index (χ1) is 8.17. The molecule has 0 saturated carbocycles. The van der Waals surface area contributed by atoms with Crippen molar-refractivity contribution >= 4 is 11.8 Å². The third-order valence-corrected chi connectivity index (χ3v) is 3.86. The van der Waals surface area contributed by atoms with Gasteiger partial charge in [-0.2, -0.15) is 0 Å². The van der Waals surface area contributed by atoms with Crippen LogP contribution in [0.15, 0.2) is 0 Å². The Balaban J connectivity index is 3.96. The fraction of sp³-hybridized carbons (Fsp3) is 0.867. The Kier molecular flexibility index (Phi) is 6.58. The second-order valence-electron chi connectivity index (χ2n) is 6.14. The van der Waals surface area contributed by atoms with E-state index in [1.807, 2.05) is 41.5 Å². The van der Waals surface area contributed by atoms with Crippen molar-refractivity contribution in [3.63, 3.8) is 0 Å². The molecule has 3 heteroatoms. The fourth-order valence-corrected chi connectivity index (χ4v) is 1.27. The van der Waals surface area contributed by atoms with Crippen LogP contribution in [0.25, 0.3) is 0 Å². The highest BCUT2D eigenvalue weighted by Gasteiger charge is 2.27. The molecule has 0 bridgehead atoms. The molecule has 0 heterocycles. The predicted octanol–water partition coefficient (Wildman–Crippen LogP) is 3.75. The number of Topliss-reactive ketones (excluding diaryl/α,β-unsaturated/α-hetero) is 1. The number of hydrogen-bond donors (Lipinski definition) is 0. The number of carbonyl (C=O) groups is 2. The Morgan fingerprint density at radius 1 is 0.944 bits per heavy atom. The van der Waals surface area contributed by atoms with E-state index in [9.17, 15) is 9.59 Å². The van der Waals surface area contributed by atoms with Gasteiger partial charge in [0.15, 0.2) is 0 Å². The van der Waals surface area contributed by atoms with E-state index < -0.39 is 5.41 Å². The highest BCUT2D eigenvalue weighted by Crippen LogP contribution is 2.24. The molecule has 0 aromatic heterocycles. The molecular weight excluding hydrogens is 228 g/mol. The average molecular weight is 256 g/mol. The Morgan fingerprint density at radius 2 is 1.44 bits per heavy atom. The molecule has 0 saturated heterocycles. The summed E-state index contributed by atoms with van der Waals surface area (Å²) in [6.45, 7) is 12.0. The first kappa shape index (κ1) is 17.1. The lowest BCUT2D eigenvalue weighted by Gasteiger charge is -2.22. The van der Waals surface area contributed by atoms with Gasteiger partial charge in [0.05, 0.1) is 12.0 Å². The number of ketones is 1. The predicted molar refractivity (Wildman–Crippen MR) is 73.3 cm³/mol. The van der Waals surface area contributed by atoms with Crippen molar-refractivity contribution in [1.29, 1.82) is 0 Å². The summed E-state index contributed by atoms with van der Waals surface area (Å²) in [6, 6.07) is 0. The minimum atomic E-state index is -0.424. The van der Waals surface area contributed by atoms with E-state index >= 15 is 0 Å². The number of carbonyl (C=O) groups excluding carboxylic acids is 2. The largest absolute Gasteiger partial charge is 0.465 e. The Labute approximate surface area is 111 Å². The van der Waals surface area contributed by atoms with Crippen molar-refractivity contribution in [3.8, 4) is 0 Å². The van der Waals surface area contributed by atoms with E-state index in [1.54, 1.807) is 0 Å². The number of ether oxygens (including phenoxy) is 1. The monoisotopic (exact) mass is 256 g/mol. The van der Waals surface area contributed by atoms with E-state index in [0.29, 0.717) is 19.4 Å². The highest BCUT2D eigenvalue weighted by molar-refractivity contribution is 5.84. The molecular formula is C15H28O3. The Hall–Kier alpha value is -0.860. The van der Waals surface area contributed by atoms with Gasteiger partial charge in [0, 0.05) is 11.8 Å². The quantitative estimate of drug-likeness (QED) is 0.490. The summed E-state index contributed by atoms with van der Waals surface area (Å²) in [6.07, 6.45) is 2.70. The van der Waals surface area contributed by atoms with Crippen molar-refractivity contribution in [3.05, 3.63) is 0 Å². The van der Waals surface area contributed by atoms with Gasteiger partial charge in [0.1, 0.15) is 5.78 Å². The van der Waals surface area contributed by atoms with Crippen LogP contribution in [0.1, 0.15) is 67.2 Å². The summed E-state index contributed by atoms with van der Waals surface area (Å²) in [4.78, 5) is 23.5. The van der Waals surface area contributed by atoms with Gasteiger partial charge in [-0.15, -0.1) is 0 Å². The molecule has 0 aliphatic rings. The van der Waals surface area contributed by atoms with Crippen LogP contribution < -0.4 is 0 Å². The topological polar surface area (TPSA) is 43.4 Å². The zero-order valence-corrected chi connectivity index (χ0v) is 12.8. The number of rotatable bonds is 8. The third kappa shape index (κ3) is 5.19. The minimum Gasteiger partial charge on any atom is -0.465 e. The summed E-state index contributed by atoms with van der Waals surface area (Å²) >= 11 is 0. The van der Waals surface area contributed by atoms with Crippen molar-refractivity contribution < 1.29 is 14.3 Å². The van der Waals surface area contributed by atoms with Gasteiger partial charge in [0.2, 0.25) is 0 Å². The SMILES string of the molecule is CCC(C)(C)C(=O)CCCOC(=O)C(C)(C)CC. The molecule has 0 fully saturated rings. The molecule has 3 nitrogen and oxygen atoms in total. The summed E-state index contributed by atoms with van der Waals surface area (Å²) in [5.41, 5.74) is -0.681. The second-order valence-corrected chi connectivity index (χ2v) is 6.14. The van der Waals surface area contributed by atoms with Crippen molar-refractivity contribution in [1.82, 2.24) is 0 Å². The Morgan fingerprint density at radius 3 is 1.89 bits per heavy atom. The minimum absolute atomic E-state index is 0.174. The number of esters is 1. The van der Waals surface area contributed by atoms with Crippen molar-refractivity contribution in [2.45, 2.75) is 67.2 Å². The first-order valence-corrected chi connectivity index (χ1v) is 6.88. The molecule has 0 aromatic carbocycles. The van der Waals surface area contributed by atoms with E-state index in [1.165, 1.54) is 0 Å². The smallest absolute Gasteiger partial charge is 0.311 e. The third-order valence-electron chi connectivity index (χ3n) is 3.86. The van der Waals surface area contributed by atoms with Crippen LogP contribution in [-0.2, 0) is 14.3 Å². The maximum Gasteiger partial charge on any atom is 0.311 e.